The highest BCUT2D eigenvalue weighted by Crippen LogP contribution is 2.22. The second-order valence-electron chi connectivity index (χ2n) is 4.72. The van der Waals surface area contributed by atoms with Crippen LogP contribution in [0.2, 0.25) is 0 Å². The van der Waals surface area contributed by atoms with Gasteiger partial charge in [0, 0.05) is 6.54 Å². The third kappa shape index (κ3) is 4.22. The van der Waals surface area contributed by atoms with E-state index in [0.29, 0.717) is 12.4 Å². The summed E-state index contributed by atoms with van der Waals surface area (Å²) in [6.07, 6.45) is 4.34. The van der Waals surface area contributed by atoms with E-state index in [4.69, 9.17) is 9.47 Å². The van der Waals surface area contributed by atoms with Gasteiger partial charge in [-0.3, -0.25) is 0 Å². The van der Waals surface area contributed by atoms with Crippen molar-refractivity contribution in [1.82, 2.24) is 4.90 Å². The molecule has 0 aromatic carbocycles. The lowest BCUT2D eigenvalue weighted by molar-refractivity contribution is 0.188. The average Bonchev–Trinajstić information content (AvgIpc) is 2.47. The molecule has 0 aliphatic carbocycles. The van der Waals surface area contributed by atoms with Crippen molar-refractivity contribution in [1.29, 1.82) is 0 Å². The molecule has 102 valence electrons. The van der Waals surface area contributed by atoms with Gasteiger partial charge in [0.25, 0.3) is 0 Å². The van der Waals surface area contributed by atoms with E-state index in [9.17, 15) is 0 Å². The summed E-state index contributed by atoms with van der Waals surface area (Å²) in [4.78, 5) is 2.35. The number of rotatable bonds is 5. The summed E-state index contributed by atoms with van der Waals surface area (Å²) in [5.74, 6) is 1.34. The molecule has 0 N–H and O–H groups in total. The first-order valence-corrected chi connectivity index (χ1v) is 6.53. The van der Waals surface area contributed by atoms with Crippen LogP contribution in [-0.2, 0) is 9.47 Å². The summed E-state index contributed by atoms with van der Waals surface area (Å²) in [6.45, 7) is 10.8. The molecule has 0 atom stereocenters. The van der Waals surface area contributed by atoms with E-state index < -0.39 is 0 Å². The fourth-order valence-corrected chi connectivity index (χ4v) is 2.19. The quantitative estimate of drug-likeness (QED) is 0.553. The van der Waals surface area contributed by atoms with E-state index in [-0.39, 0.29) is 0 Å². The van der Waals surface area contributed by atoms with Crippen molar-refractivity contribution >= 4 is 0 Å². The molecular weight excluding hydrogens is 226 g/mol. The Hall–Kier alpha value is -1.22. The molecule has 0 fully saturated rings. The Morgan fingerprint density at radius 3 is 2.83 bits per heavy atom. The predicted molar refractivity (Wildman–Crippen MR) is 75.3 cm³/mol. The first kappa shape index (κ1) is 14.8. The molecule has 18 heavy (non-hydrogen) atoms. The summed E-state index contributed by atoms with van der Waals surface area (Å²) < 4.78 is 10.8. The molecular formula is C15H25NO2. The van der Waals surface area contributed by atoms with Crippen LogP contribution in [0.15, 0.2) is 35.3 Å². The van der Waals surface area contributed by atoms with Gasteiger partial charge in [-0.2, -0.15) is 0 Å². The van der Waals surface area contributed by atoms with Crippen LogP contribution in [0.25, 0.3) is 0 Å². The Labute approximate surface area is 111 Å². The highest BCUT2D eigenvalue weighted by Gasteiger charge is 2.12. The maximum atomic E-state index is 5.40. The Kier molecular flexibility index (Phi) is 5.99. The lowest BCUT2D eigenvalue weighted by Crippen LogP contribution is -2.19. The maximum absolute atomic E-state index is 5.40. The molecule has 0 spiro atoms. The molecule has 0 radical (unpaired) electrons. The molecule has 0 unspecified atom stereocenters. The molecule has 1 aliphatic rings. The minimum Gasteiger partial charge on any atom is -0.493 e. The Morgan fingerprint density at radius 2 is 2.22 bits per heavy atom. The molecule has 0 aromatic rings. The van der Waals surface area contributed by atoms with Gasteiger partial charge in [-0.15, -0.1) is 0 Å². The van der Waals surface area contributed by atoms with Gasteiger partial charge in [-0.05, 0) is 51.9 Å². The lowest BCUT2D eigenvalue weighted by Gasteiger charge is -2.14. The van der Waals surface area contributed by atoms with Crippen LogP contribution >= 0.6 is 0 Å². The minimum atomic E-state index is 0.609. The zero-order valence-corrected chi connectivity index (χ0v) is 12.1. The monoisotopic (exact) mass is 251 g/mol. The normalized spacial score (nSPS) is 18.6. The highest BCUT2D eigenvalue weighted by molar-refractivity contribution is 5.33. The standard InChI is InChI=1S/C15H25NO2/c1-6-18-13(3)15(17-5)10-14-8-7-9-16(4)11-12(14)2/h10H,3,6-9,11H2,1-2,4-5H3/b15-10+. The third-order valence-corrected chi connectivity index (χ3v) is 3.16. The molecule has 1 heterocycles. The van der Waals surface area contributed by atoms with E-state index in [0.717, 1.165) is 25.3 Å². The van der Waals surface area contributed by atoms with Gasteiger partial charge in [-0.1, -0.05) is 12.2 Å². The van der Waals surface area contributed by atoms with Crippen LogP contribution in [0, 0.1) is 0 Å². The number of allylic oxidation sites excluding steroid dienone is 2. The number of hydrogen-bond donors (Lipinski definition) is 0. The zero-order chi connectivity index (χ0) is 13.5. The predicted octanol–water partition coefficient (Wildman–Crippen LogP) is 3.11. The third-order valence-electron chi connectivity index (χ3n) is 3.16. The van der Waals surface area contributed by atoms with E-state index >= 15 is 0 Å². The first-order chi connectivity index (χ1) is 8.58. The van der Waals surface area contributed by atoms with Gasteiger partial charge in [0.2, 0.25) is 0 Å². The minimum absolute atomic E-state index is 0.609. The molecule has 0 saturated carbocycles. The summed E-state index contributed by atoms with van der Waals surface area (Å²) in [6, 6.07) is 0. The van der Waals surface area contributed by atoms with Crippen LogP contribution in [-0.4, -0.2) is 38.8 Å². The SMILES string of the molecule is C=C(OCC)/C(=C\C1=C(C)CN(C)CCC1)OC. The largest absolute Gasteiger partial charge is 0.493 e. The van der Waals surface area contributed by atoms with Crippen molar-refractivity contribution in [2.75, 3.05) is 33.9 Å². The molecule has 3 nitrogen and oxygen atoms in total. The number of methoxy groups -OCH3 is 1. The molecule has 0 aromatic heterocycles. The van der Waals surface area contributed by atoms with Crippen LogP contribution in [0.3, 0.4) is 0 Å². The van der Waals surface area contributed by atoms with E-state index in [2.05, 4.69) is 31.5 Å². The molecule has 0 saturated heterocycles. The number of nitrogens with zero attached hydrogens (tertiary/aromatic N) is 1. The van der Waals surface area contributed by atoms with Crippen molar-refractivity contribution < 1.29 is 9.47 Å². The summed E-state index contributed by atoms with van der Waals surface area (Å²) in [7, 11) is 3.82. The fraction of sp³-hybridized carbons (Fsp3) is 0.600. The van der Waals surface area contributed by atoms with E-state index in [1.807, 2.05) is 6.92 Å². The molecule has 0 amide bonds. The fourth-order valence-electron chi connectivity index (χ4n) is 2.19. The Morgan fingerprint density at radius 1 is 1.50 bits per heavy atom. The second kappa shape index (κ2) is 7.27. The Bertz CT molecular complexity index is 356. The number of ether oxygens (including phenoxy) is 2. The van der Waals surface area contributed by atoms with E-state index in [1.165, 1.54) is 17.6 Å². The van der Waals surface area contributed by atoms with E-state index in [1.54, 1.807) is 7.11 Å². The molecule has 3 heteroatoms. The van der Waals surface area contributed by atoms with Crippen molar-refractivity contribution in [3.8, 4) is 0 Å². The van der Waals surface area contributed by atoms with Crippen molar-refractivity contribution in [3.05, 3.63) is 35.3 Å². The van der Waals surface area contributed by atoms with Gasteiger partial charge >= 0.3 is 0 Å². The average molecular weight is 251 g/mol. The Balaban J connectivity index is 2.89. The summed E-state index contributed by atoms with van der Waals surface area (Å²) >= 11 is 0. The van der Waals surface area contributed by atoms with Crippen LogP contribution < -0.4 is 0 Å². The number of likely N-dealkylation sites (N-methyl/N-ethyl adjacent to an activating group) is 1. The van der Waals surface area contributed by atoms with Crippen LogP contribution in [0.5, 0.6) is 0 Å². The van der Waals surface area contributed by atoms with Crippen LogP contribution in [0.4, 0.5) is 0 Å². The zero-order valence-electron chi connectivity index (χ0n) is 12.1. The van der Waals surface area contributed by atoms with Crippen molar-refractivity contribution in [3.63, 3.8) is 0 Å². The van der Waals surface area contributed by atoms with Gasteiger partial charge in [0.1, 0.15) is 0 Å². The van der Waals surface area contributed by atoms with Gasteiger partial charge in [-0.25, -0.2) is 0 Å². The highest BCUT2D eigenvalue weighted by atomic mass is 16.5. The summed E-state index contributed by atoms with van der Waals surface area (Å²) in [5, 5.41) is 0. The van der Waals surface area contributed by atoms with Gasteiger partial charge in [0.05, 0.1) is 13.7 Å². The molecule has 1 aliphatic heterocycles. The number of hydrogen-bond acceptors (Lipinski definition) is 3. The van der Waals surface area contributed by atoms with Gasteiger partial charge in [0.15, 0.2) is 11.5 Å². The van der Waals surface area contributed by atoms with Crippen LogP contribution in [0.1, 0.15) is 26.7 Å². The topological polar surface area (TPSA) is 21.7 Å². The lowest BCUT2D eigenvalue weighted by atomic mass is 10.0. The smallest absolute Gasteiger partial charge is 0.160 e. The maximum Gasteiger partial charge on any atom is 0.160 e. The summed E-state index contributed by atoms with van der Waals surface area (Å²) in [5.41, 5.74) is 2.74. The van der Waals surface area contributed by atoms with Crippen molar-refractivity contribution in [2.24, 2.45) is 0 Å². The van der Waals surface area contributed by atoms with Crippen molar-refractivity contribution in [2.45, 2.75) is 26.7 Å². The van der Waals surface area contributed by atoms with Gasteiger partial charge < -0.3 is 14.4 Å². The second-order valence-corrected chi connectivity index (χ2v) is 4.72. The first-order valence-electron chi connectivity index (χ1n) is 6.53. The molecule has 0 bridgehead atoms. The molecule has 1 rings (SSSR count).